The van der Waals surface area contributed by atoms with Crippen LogP contribution in [-0.4, -0.2) is 53.5 Å². The normalized spacial score (nSPS) is 14.1. The number of cyclic esters (lactones) is 1. The zero-order valence-corrected chi connectivity index (χ0v) is 13.8. The summed E-state index contributed by atoms with van der Waals surface area (Å²) in [6.07, 6.45) is 0.476. The second-order valence-electron chi connectivity index (χ2n) is 5.54. The van der Waals surface area contributed by atoms with Crippen molar-refractivity contribution < 1.29 is 18.7 Å². The number of hydrogen-bond acceptors (Lipinski definition) is 6. The summed E-state index contributed by atoms with van der Waals surface area (Å²) in [7, 11) is 0. The predicted molar refractivity (Wildman–Crippen MR) is 89.0 cm³/mol. The van der Waals surface area contributed by atoms with E-state index in [4.69, 9.17) is 9.15 Å². The van der Waals surface area contributed by atoms with Crippen LogP contribution in [0.4, 0.5) is 15.3 Å². The number of nitrogens with one attached hydrogen (secondary N) is 2. The molecule has 9 nitrogen and oxygen atoms in total. The number of amides is 3. The van der Waals surface area contributed by atoms with E-state index < -0.39 is 0 Å². The molecule has 0 atom stereocenters. The van der Waals surface area contributed by atoms with Crippen LogP contribution in [0.2, 0.25) is 0 Å². The molecule has 1 saturated heterocycles. The van der Waals surface area contributed by atoms with Crippen molar-refractivity contribution in [2.45, 2.75) is 13.3 Å². The third-order valence-corrected chi connectivity index (χ3v) is 3.64. The molecule has 3 rings (SSSR count). The molecule has 25 heavy (non-hydrogen) atoms. The fraction of sp³-hybridized carbons (Fsp3) is 0.375. The summed E-state index contributed by atoms with van der Waals surface area (Å²) in [5.41, 5.74) is 1.41. The highest BCUT2D eigenvalue weighted by molar-refractivity contribution is 5.89. The van der Waals surface area contributed by atoms with Gasteiger partial charge in [-0.15, -0.1) is 10.2 Å². The Labute approximate surface area is 144 Å². The fourth-order valence-electron chi connectivity index (χ4n) is 2.39. The first kappa shape index (κ1) is 16.7. The number of rotatable bonds is 5. The first-order valence-corrected chi connectivity index (χ1v) is 7.99. The maximum Gasteiger partial charge on any atom is 0.409 e. The molecule has 1 aromatic heterocycles. The van der Waals surface area contributed by atoms with Crippen LogP contribution in [0.3, 0.4) is 0 Å². The number of urea groups is 1. The Balaban J connectivity index is 1.45. The molecule has 0 bridgehead atoms. The summed E-state index contributed by atoms with van der Waals surface area (Å²) in [5, 5.41) is 13.1. The van der Waals surface area contributed by atoms with E-state index in [0.717, 1.165) is 12.0 Å². The van der Waals surface area contributed by atoms with Gasteiger partial charge in [-0.1, -0.05) is 0 Å². The van der Waals surface area contributed by atoms with Gasteiger partial charge in [-0.3, -0.25) is 0 Å². The largest absolute Gasteiger partial charge is 0.449 e. The van der Waals surface area contributed by atoms with Crippen LogP contribution in [0.5, 0.6) is 0 Å². The van der Waals surface area contributed by atoms with Crippen LogP contribution in [0.1, 0.15) is 12.3 Å². The van der Waals surface area contributed by atoms with E-state index in [2.05, 4.69) is 20.8 Å². The van der Waals surface area contributed by atoms with Gasteiger partial charge in [0.05, 0.1) is 6.61 Å². The summed E-state index contributed by atoms with van der Waals surface area (Å²) in [6.45, 7) is 3.60. The van der Waals surface area contributed by atoms with Gasteiger partial charge in [0, 0.05) is 37.8 Å². The second kappa shape index (κ2) is 7.65. The molecular formula is C16H19N5O4. The average Bonchev–Trinajstić information content (AvgIpc) is 3.04. The maximum atomic E-state index is 11.9. The van der Waals surface area contributed by atoms with E-state index >= 15 is 0 Å². The highest BCUT2D eigenvalue weighted by Crippen LogP contribution is 2.19. The highest BCUT2D eigenvalue weighted by atomic mass is 16.6. The highest BCUT2D eigenvalue weighted by Gasteiger charge is 2.18. The van der Waals surface area contributed by atoms with Crippen LogP contribution < -0.4 is 10.6 Å². The van der Waals surface area contributed by atoms with Gasteiger partial charge >= 0.3 is 12.1 Å². The summed E-state index contributed by atoms with van der Waals surface area (Å²) in [5.74, 6) is 0.927. The number of anilines is 1. The summed E-state index contributed by atoms with van der Waals surface area (Å²) in [4.78, 5) is 24.9. The van der Waals surface area contributed by atoms with E-state index in [0.29, 0.717) is 43.7 Å². The topological polar surface area (TPSA) is 110 Å². The van der Waals surface area contributed by atoms with E-state index in [9.17, 15) is 9.59 Å². The number of nitrogens with zero attached hydrogens (tertiary/aromatic N) is 3. The average molecular weight is 345 g/mol. The number of aromatic nitrogens is 2. The van der Waals surface area contributed by atoms with E-state index in [-0.39, 0.29) is 12.1 Å². The molecule has 1 aliphatic heterocycles. The van der Waals surface area contributed by atoms with Crippen molar-refractivity contribution in [2.24, 2.45) is 0 Å². The summed E-state index contributed by atoms with van der Waals surface area (Å²) in [6, 6.07) is 6.72. The van der Waals surface area contributed by atoms with Gasteiger partial charge in [0.1, 0.15) is 0 Å². The summed E-state index contributed by atoms with van der Waals surface area (Å²) >= 11 is 0. The number of aryl methyl sites for hydroxylation is 1. The van der Waals surface area contributed by atoms with Gasteiger partial charge in [0.15, 0.2) is 0 Å². The van der Waals surface area contributed by atoms with Crippen molar-refractivity contribution in [1.29, 1.82) is 0 Å². The van der Waals surface area contributed by atoms with Gasteiger partial charge in [-0.2, -0.15) is 0 Å². The SMILES string of the molecule is Cc1nnc(-c2ccc(NC(=O)NCCN3CCCOC3=O)cc2)o1. The van der Waals surface area contributed by atoms with E-state index in [1.54, 1.807) is 36.1 Å². The third-order valence-electron chi connectivity index (χ3n) is 3.64. The Morgan fingerprint density at radius 2 is 2.08 bits per heavy atom. The quantitative estimate of drug-likeness (QED) is 0.858. The van der Waals surface area contributed by atoms with Gasteiger partial charge in [0.2, 0.25) is 11.8 Å². The lowest BCUT2D eigenvalue weighted by molar-refractivity contribution is 0.0736. The predicted octanol–water partition coefficient (Wildman–Crippen LogP) is 2.01. The molecule has 1 aromatic carbocycles. The van der Waals surface area contributed by atoms with Crippen molar-refractivity contribution >= 4 is 17.8 Å². The van der Waals surface area contributed by atoms with Crippen molar-refractivity contribution in [3.63, 3.8) is 0 Å². The Morgan fingerprint density at radius 1 is 1.28 bits per heavy atom. The monoisotopic (exact) mass is 345 g/mol. The molecule has 2 heterocycles. The molecule has 2 aromatic rings. The van der Waals surface area contributed by atoms with Crippen LogP contribution in [0.15, 0.2) is 28.7 Å². The zero-order valence-electron chi connectivity index (χ0n) is 13.8. The lowest BCUT2D eigenvalue weighted by Crippen LogP contribution is -2.43. The van der Waals surface area contributed by atoms with E-state index in [1.807, 2.05) is 0 Å². The number of hydrogen-bond donors (Lipinski definition) is 2. The van der Waals surface area contributed by atoms with Gasteiger partial charge in [-0.25, -0.2) is 9.59 Å². The fourth-order valence-corrected chi connectivity index (χ4v) is 2.39. The number of carbonyl (C=O) groups is 2. The minimum absolute atomic E-state index is 0.333. The number of benzene rings is 1. The number of carbonyl (C=O) groups excluding carboxylic acids is 2. The first-order chi connectivity index (χ1) is 12.1. The molecule has 1 fully saturated rings. The van der Waals surface area contributed by atoms with Crippen LogP contribution in [0, 0.1) is 6.92 Å². The van der Waals surface area contributed by atoms with Gasteiger partial charge in [0.25, 0.3) is 0 Å². The van der Waals surface area contributed by atoms with Crippen molar-refractivity contribution in [3.8, 4) is 11.5 Å². The van der Waals surface area contributed by atoms with Crippen molar-refractivity contribution in [2.75, 3.05) is 31.6 Å². The second-order valence-corrected chi connectivity index (χ2v) is 5.54. The Bertz CT molecular complexity index is 743. The number of ether oxygens (including phenoxy) is 1. The molecule has 0 radical (unpaired) electrons. The minimum Gasteiger partial charge on any atom is -0.449 e. The summed E-state index contributed by atoms with van der Waals surface area (Å²) < 4.78 is 10.3. The van der Waals surface area contributed by atoms with Crippen molar-refractivity contribution in [3.05, 3.63) is 30.2 Å². The molecule has 132 valence electrons. The zero-order chi connectivity index (χ0) is 17.6. The molecule has 0 saturated carbocycles. The van der Waals surface area contributed by atoms with Crippen molar-refractivity contribution in [1.82, 2.24) is 20.4 Å². The standard InChI is InChI=1S/C16H19N5O4/c1-11-19-20-14(25-11)12-3-5-13(6-4-12)18-15(22)17-7-9-21-8-2-10-24-16(21)23/h3-6H,2,7-10H2,1H3,(H2,17,18,22). The molecule has 1 aliphatic rings. The molecular weight excluding hydrogens is 326 g/mol. The molecule has 9 heteroatoms. The van der Waals surface area contributed by atoms with Crippen LogP contribution in [0.25, 0.3) is 11.5 Å². The first-order valence-electron chi connectivity index (χ1n) is 7.99. The van der Waals surface area contributed by atoms with E-state index in [1.165, 1.54) is 0 Å². The Hall–Kier alpha value is -3.10. The molecule has 3 amide bonds. The van der Waals surface area contributed by atoms with Gasteiger partial charge < -0.3 is 24.7 Å². The van der Waals surface area contributed by atoms with Crippen LogP contribution in [-0.2, 0) is 4.74 Å². The smallest absolute Gasteiger partial charge is 0.409 e. The molecule has 2 N–H and O–H groups in total. The Morgan fingerprint density at radius 3 is 2.76 bits per heavy atom. The lowest BCUT2D eigenvalue weighted by atomic mass is 10.2. The Kier molecular flexibility index (Phi) is 5.12. The van der Waals surface area contributed by atoms with Crippen LogP contribution >= 0.6 is 0 Å². The van der Waals surface area contributed by atoms with Gasteiger partial charge in [-0.05, 0) is 30.7 Å². The minimum atomic E-state index is -0.341. The molecule has 0 unspecified atom stereocenters. The third kappa shape index (κ3) is 4.46. The lowest BCUT2D eigenvalue weighted by Gasteiger charge is -2.26. The molecule has 0 spiro atoms. The molecule has 0 aliphatic carbocycles. The maximum absolute atomic E-state index is 11.9.